The molecule has 0 aromatic carbocycles. The Morgan fingerprint density at radius 3 is 2.43 bits per heavy atom. The van der Waals surface area contributed by atoms with Gasteiger partial charge in [0.25, 0.3) is 0 Å². The van der Waals surface area contributed by atoms with E-state index in [-0.39, 0.29) is 6.04 Å². The second-order valence-electron chi connectivity index (χ2n) is 1.44. The van der Waals surface area contributed by atoms with Gasteiger partial charge in [-0.1, -0.05) is 6.92 Å². The molecule has 0 radical (unpaired) electrons. The fraction of sp³-hybridized carbons (Fsp3) is 0.800. The first kappa shape index (κ1) is 6.63. The highest BCUT2D eigenvalue weighted by molar-refractivity contribution is 5.57. The van der Waals surface area contributed by atoms with Crippen LogP contribution in [-0.2, 0) is 4.79 Å². The van der Waals surface area contributed by atoms with Crippen LogP contribution in [-0.4, -0.2) is 19.4 Å². The van der Waals surface area contributed by atoms with E-state index in [0.717, 1.165) is 12.7 Å². The fourth-order valence-electron chi connectivity index (χ4n) is 0.368. The van der Waals surface area contributed by atoms with E-state index in [1.165, 1.54) is 0 Å². The van der Waals surface area contributed by atoms with Crippen LogP contribution >= 0.6 is 0 Å². The van der Waals surface area contributed by atoms with E-state index in [1.807, 2.05) is 6.92 Å². The third-order valence-electron chi connectivity index (χ3n) is 0.975. The average molecular weight is 101 g/mol. The van der Waals surface area contributed by atoms with Crippen LogP contribution in [0.1, 0.15) is 13.3 Å². The monoisotopic (exact) mass is 101 g/mol. The zero-order valence-corrected chi connectivity index (χ0v) is 4.77. The van der Waals surface area contributed by atoms with Gasteiger partial charge < -0.3 is 10.1 Å². The molecule has 1 unspecified atom stereocenters. The minimum atomic E-state index is 0.0556. The van der Waals surface area contributed by atoms with Crippen molar-refractivity contribution >= 4 is 6.29 Å². The van der Waals surface area contributed by atoms with Gasteiger partial charge in [0.05, 0.1) is 6.04 Å². The lowest BCUT2D eigenvalue weighted by atomic mass is 10.3. The Bertz CT molecular complexity index is 50.0. The van der Waals surface area contributed by atoms with Crippen LogP contribution in [0.3, 0.4) is 0 Å². The topological polar surface area (TPSA) is 29.1 Å². The molecule has 0 aromatic heterocycles. The summed E-state index contributed by atoms with van der Waals surface area (Å²) in [6.45, 7) is 1.97. The number of hydrogen-bond donors (Lipinski definition) is 1. The Kier molecular flexibility index (Phi) is 3.61. The molecule has 0 aromatic rings. The van der Waals surface area contributed by atoms with Crippen molar-refractivity contribution in [2.24, 2.45) is 0 Å². The van der Waals surface area contributed by atoms with Crippen LogP contribution in [0.5, 0.6) is 0 Å². The average Bonchev–Trinajstić information content (AvgIpc) is 1.72. The predicted octanol–water partition coefficient (Wildman–Crippen LogP) is 0.183. The summed E-state index contributed by atoms with van der Waals surface area (Å²) in [6.07, 6.45) is 1.79. The van der Waals surface area contributed by atoms with Gasteiger partial charge in [0, 0.05) is 0 Å². The molecule has 0 saturated heterocycles. The summed E-state index contributed by atoms with van der Waals surface area (Å²) in [4.78, 5) is 9.90. The van der Waals surface area contributed by atoms with Crippen LogP contribution in [0.25, 0.3) is 0 Å². The Morgan fingerprint density at radius 2 is 2.43 bits per heavy atom. The van der Waals surface area contributed by atoms with Gasteiger partial charge in [-0.15, -0.1) is 0 Å². The van der Waals surface area contributed by atoms with Crippen LogP contribution in [0.2, 0.25) is 0 Å². The van der Waals surface area contributed by atoms with E-state index < -0.39 is 0 Å². The highest BCUT2D eigenvalue weighted by Gasteiger charge is 1.95. The molecule has 0 aliphatic heterocycles. The van der Waals surface area contributed by atoms with Crippen molar-refractivity contribution in [2.75, 3.05) is 7.05 Å². The summed E-state index contributed by atoms with van der Waals surface area (Å²) < 4.78 is 0. The maximum absolute atomic E-state index is 9.90. The van der Waals surface area contributed by atoms with Crippen molar-refractivity contribution in [3.8, 4) is 0 Å². The van der Waals surface area contributed by atoms with Crippen LogP contribution < -0.4 is 5.32 Å². The lowest BCUT2D eigenvalue weighted by Gasteiger charge is -2.00. The maximum Gasteiger partial charge on any atom is 0.136 e. The summed E-state index contributed by atoms with van der Waals surface area (Å²) in [5, 5.41) is 2.83. The minimum absolute atomic E-state index is 0.0556. The molecule has 0 rings (SSSR count). The molecule has 0 saturated carbocycles. The van der Waals surface area contributed by atoms with Gasteiger partial charge in [0.1, 0.15) is 6.29 Å². The fourth-order valence-corrected chi connectivity index (χ4v) is 0.368. The van der Waals surface area contributed by atoms with E-state index in [4.69, 9.17) is 0 Å². The van der Waals surface area contributed by atoms with Gasteiger partial charge in [0.15, 0.2) is 0 Å². The van der Waals surface area contributed by atoms with Gasteiger partial charge >= 0.3 is 0 Å². The SMILES string of the molecule is CCC(C=O)NC. The van der Waals surface area contributed by atoms with Crippen LogP contribution in [0, 0.1) is 0 Å². The molecule has 42 valence electrons. The van der Waals surface area contributed by atoms with Crippen molar-refractivity contribution < 1.29 is 4.79 Å². The number of nitrogens with one attached hydrogen (secondary N) is 1. The van der Waals surface area contributed by atoms with Gasteiger partial charge in [-0.3, -0.25) is 0 Å². The first-order valence-electron chi connectivity index (χ1n) is 2.47. The van der Waals surface area contributed by atoms with Crippen LogP contribution in [0.4, 0.5) is 0 Å². The molecule has 0 aliphatic carbocycles. The molecular weight excluding hydrogens is 90.1 g/mol. The highest BCUT2D eigenvalue weighted by Crippen LogP contribution is 1.80. The number of rotatable bonds is 3. The Balaban J connectivity index is 3.16. The molecule has 0 spiro atoms. The quantitative estimate of drug-likeness (QED) is 0.514. The summed E-state index contributed by atoms with van der Waals surface area (Å²) in [6, 6.07) is 0.0556. The maximum atomic E-state index is 9.90. The Hall–Kier alpha value is -0.370. The first-order chi connectivity index (χ1) is 3.35. The second kappa shape index (κ2) is 3.81. The lowest BCUT2D eigenvalue weighted by Crippen LogP contribution is -2.25. The van der Waals surface area contributed by atoms with Gasteiger partial charge in [-0.05, 0) is 13.5 Å². The molecule has 0 amide bonds. The molecule has 0 bridgehead atoms. The molecule has 2 heteroatoms. The normalized spacial score (nSPS) is 13.4. The molecule has 2 nitrogen and oxygen atoms in total. The lowest BCUT2D eigenvalue weighted by molar-refractivity contribution is -0.109. The zero-order valence-electron chi connectivity index (χ0n) is 4.77. The minimum Gasteiger partial charge on any atom is -0.311 e. The summed E-state index contributed by atoms with van der Waals surface area (Å²) in [5.74, 6) is 0. The summed E-state index contributed by atoms with van der Waals surface area (Å²) in [5.41, 5.74) is 0. The molecule has 0 aliphatic rings. The molecule has 1 N–H and O–H groups in total. The van der Waals surface area contributed by atoms with Gasteiger partial charge in [-0.25, -0.2) is 0 Å². The van der Waals surface area contributed by atoms with E-state index in [1.54, 1.807) is 7.05 Å². The van der Waals surface area contributed by atoms with Crippen molar-refractivity contribution in [3.63, 3.8) is 0 Å². The van der Waals surface area contributed by atoms with Crippen molar-refractivity contribution in [2.45, 2.75) is 19.4 Å². The van der Waals surface area contributed by atoms with E-state index in [0.29, 0.717) is 0 Å². The molecule has 1 atom stereocenters. The number of carbonyl (C=O) groups is 1. The number of aldehydes is 1. The van der Waals surface area contributed by atoms with Gasteiger partial charge in [-0.2, -0.15) is 0 Å². The molecule has 0 heterocycles. The Morgan fingerprint density at radius 1 is 1.86 bits per heavy atom. The van der Waals surface area contributed by atoms with E-state index in [2.05, 4.69) is 5.32 Å². The number of hydrogen-bond acceptors (Lipinski definition) is 2. The molecule has 0 fully saturated rings. The zero-order chi connectivity index (χ0) is 5.70. The van der Waals surface area contributed by atoms with Crippen molar-refractivity contribution in [1.82, 2.24) is 5.32 Å². The highest BCUT2D eigenvalue weighted by atomic mass is 16.1. The predicted molar refractivity (Wildman–Crippen MR) is 29.2 cm³/mol. The van der Waals surface area contributed by atoms with E-state index in [9.17, 15) is 4.79 Å². The van der Waals surface area contributed by atoms with E-state index >= 15 is 0 Å². The first-order valence-corrected chi connectivity index (χ1v) is 2.47. The molecule has 7 heavy (non-hydrogen) atoms. The largest absolute Gasteiger partial charge is 0.311 e. The summed E-state index contributed by atoms with van der Waals surface area (Å²) >= 11 is 0. The van der Waals surface area contributed by atoms with Crippen molar-refractivity contribution in [3.05, 3.63) is 0 Å². The second-order valence-corrected chi connectivity index (χ2v) is 1.44. The van der Waals surface area contributed by atoms with Crippen LogP contribution in [0.15, 0.2) is 0 Å². The van der Waals surface area contributed by atoms with Crippen molar-refractivity contribution in [1.29, 1.82) is 0 Å². The third-order valence-corrected chi connectivity index (χ3v) is 0.975. The summed E-state index contributed by atoms with van der Waals surface area (Å²) in [7, 11) is 1.78. The Labute approximate surface area is 43.9 Å². The number of likely N-dealkylation sites (N-methyl/N-ethyl adjacent to an activating group) is 1. The smallest absolute Gasteiger partial charge is 0.136 e. The molecular formula is C5H11NO. The van der Waals surface area contributed by atoms with Gasteiger partial charge in [0.2, 0.25) is 0 Å². The standard InChI is InChI=1S/C5H11NO/c1-3-5(4-7)6-2/h4-6H,3H2,1-2H3. The number of carbonyl (C=O) groups excluding carboxylic acids is 1. The third kappa shape index (κ3) is 2.34.